The molecule has 23 heavy (non-hydrogen) atoms. The molecule has 108 valence electrons. The summed E-state index contributed by atoms with van der Waals surface area (Å²) in [7, 11) is 0. The van der Waals surface area contributed by atoms with Crippen LogP contribution < -0.4 is 0 Å². The van der Waals surface area contributed by atoms with E-state index in [2.05, 4.69) is 82.3 Å². The third kappa shape index (κ3) is 1.72. The van der Waals surface area contributed by atoms with Gasteiger partial charge in [0.2, 0.25) is 0 Å². The van der Waals surface area contributed by atoms with Crippen LogP contribution in [0.3, 0.4) is 0 Å². The molecule has 0 unspecified atom stereocenters. The summed E-state index contributed by atoms with van der Waals surface area (Å²) in [5, 5.41) is 4.91. The fourth-order valence-corrected chi connectivity index (χ4v) is 3.44. The maximum absolute atomic E-state index is 4.66. The number of fused-ring (bicyclic) bond motifs is 4. The van der Waals surface area contributed by atoms with E-state index in [0.717, 1.165) is 5.65 Å². The third-order valence-electron chi connectivity index (χ3n) is 4.44. The molecule has 0 aliphatic carbocycles. The second-order valence-corrected chi connectivity index (χ2v) is 5.73. The van der Waals surface area contributed by atoms with E-state index in [4.69, 9.17) is 0 Å². The number of nitrogens with zero attached hydrogens (tertiary/aromatic N) is 2. The first-order chi connectivity index (χ1) is 11.4. The van der Waals surface area contributed by atoms with E-state index in [1.54, 1.807) is 0 Å². The summed E-state index contributed by atoms with van der Waals surface area (Å²) in [6, 6.07) is 27.6. The fraction of sp³-hybridized carbons (Fsp3) is 0. The smallest absolute Gasteiger partial charge is 0.145 e. The summed E-state index contributed by atoms with van der Waals surface area (Å²) < 4.78 is 2.27. The first-order valence-corrected chi connectivity index (χ1v) is 7.76. The average Bonchev–Trinajstić information content (AvgIpc) is 2.96. The number of rotatable bonds is 1. The lowest BCUT2D eigenvalue weighted by Gasteiger charge is -2.10. The van der Waals surface area contributed by atoms with Gasteiger partial charge in [0.05, 0.1) is 11.2 Å². The van der Waals surface area contributed by atoms with Crippen molar-refractivity contribution in [1.29, 1.82) is 0 Å². The lowest BCUT2D eigenvalue weighted by atomic mass is 10.1. The van der Waals surface area contributed by atoms with E-state index < -0.39 is 0 Å². The van der Waals surface area contributed by atoms with Crippen molar-refractivity contribution in [2.75, 3.05) is 0 Å². The molecule has 0 aliphatic rings. The maximum atomic E-state index is 4.66. The molecule has 0 saturated carbocycles. The molecule has 0 spiro atoms. The minimum Gasteiger partial charge on any atom is -0.293 e. The Balaban J connectivity index is 2.03. The molecule has 0 aliphatic heterocycles. The van der Waals surface area contributed by atoms with Crippen molar-refractivity contribution in [3.05, 3.63) is 85.1 Å². The van der Waals surface area contributed by atoms with Gasteiger partial charge in [-0.05, 0) is 29.7 Å². The molecule has 5 rings (SSSR count). The normalized spacial score (nSPS) is 11.5. The van der Waals surface area contributed by atoms with Gasteiger partial charge >= 0.3 is 0 Å². The van der Waals surface area contributed by atoms with Crippen molar-refractivity contribution in [3.63, 3.8) is 0 Å². The summed E-state index contributed by atoms with van der Waals surface area (Å²) in [5.74, 6) is 0. The van der Waals surface area contributed by atoms with Gasteiger partial charge in [0, 0.05) is 22.4 Å². The number of hydrogen-bond acceptors (Lipinski definition) is 1. The van der Waals surface area contributed by atoms with Gasteiger partial charge in [-0.2, -0.15) is 0 Å². The van der Waals surface area contributed by atoms with Crippen LogP contribution >= 0.6 is 0 Å². The predicted octanol–water partition coefficient (Wildman–Crippen LogP) is 5.33. The topological polar surface area (TPSA) is 17.8 Å². The molecule has 3 aromatic carbocycles. The standard InChI is InChI=1S/C21H14N2/c1-2-9-16-15(7-1)8-5-13-19(16)23-20-12-4-3-10-17(20)18-11-6-14-22-21(18)23/h1-14H. The Labute approximate surface area is 133 Å². The zero-order valence-corrected chi connectivity index (χ0v) is 12.5. The molecule has 2 heteroatoms. The molecule has 2 aromatic heterocycles. The van der Waals surface area contributed by atoms with Gasteiger partial charge in [-0.1, -0.05) is 54.6 Å². The summed E-state index contributed by atoms with van der Waals surface area (Å²) in [6.45, 7) is 0. The Bertz CT molecular complexity index is 1110. The highest BCUT2D eigenvalue weighted by Gasteiger charge is 2.13. The largest absolute Gasteiger partial charge is 0.293 e. The molecule has 0 N–H and O–H groups in total. The predicted molar refractivity (Wildman–Crippen MR) is 96.1 cm³/mol. The summed E-state index contributed by atoms with van der Waals surface area (Å²) in [4.78, 5) is 4.66. The molecule has 0 fully saturated rings. The van der Waals surface area contributed by atoms with Crippen molar-refractivity contribution >= 4 is 32.7 Å². The van der Waals surface area contributed by atoms with Crippen molar-refractivity contribution in [3.8, 4) is 5.69 Å². The van der Waals surface area contributed by atoms with Crippen LogP contribution in [-0.2, 0) is 0 Å². The molecule has 0 bridgehead atoms. The van der Waals surface area contributed by atoms with Crippen LogP contribution in [0.5, 0.6) is 0 Å². The van der Waals surface area contributed by atoms with Gasteiger partial charge in [-0.25, -0.2) is 4.98 Å². The van der Waals surface area contributed by atoms with Gasteiger partial charge < -0.3 is 0 Å². The molecule has 5 aromatic rings. The van der Waals surface area contributed by atoms with Crippen LogP contribution in [0.4, 0.5) is 0 Å². The SMILES string of the molecule is c1ccc2c(-n3c4ccccc4c4cccnc43)cccc2c1. The Morgan fingerprint density at radius 1 is 0.609 bits per heavy atom. The lowest BCUT2D eigenvalue weighted by Crippen LogP contribution is -1.96. The number of hydrogen-bond donors (Lipinski definition) is 0. The number of benzene rings is 3. The Kier molecular flexibility index (Phi) is 2.53. The van der Waals surface area contributed by atoms with Gasteiger partial charge in [-0.15, -0.1) is 0 Å². The minimum absolute atomic E-state index is 1.00. The molecular formula is C21H14N2. The highest BCUT2D eigenvalue weighted by molar-refractivity contribution is 6.09. The second kappa shape index (κ2) is 4.68. The monoisotopic (exact) mass is 294 g/mol. The number of aromatic nitrogens is 2. The van der Waals surface area contributed by atoms with E-state index in [0.29, 0.717) is 0 Å². The molecule has 0 amide bonds. The first kappa shape index (κ1) is 12.4. The van der Waals surface area contributed by atoms with Crippen LogP contribution in [0.1, 0.15) is 0 Å². The fourth-order valence-electron chi connectivity index (χ4n) is 3.44. The van der Waals surface area contributed by atoms with Crippen LogP contribution in [0.15, 0.2) is 85.1 Å². The van der Waals surface area contributed by atoms with Crippen LogP contribution in [0.25, 0.3) is 38.4 Å². The van der Waals surface area contributed by atoms with Crippen molar-refractivity contribution in [2.24, 2.45) is 0 Å². The van der Waals surface area contributed by atoms with Gasteiger partial charge in [0.15, 0.2) is 0 Å². The Morgan fingerprint density at radius 2 is 1.35 bits per heavy atom. The minimum atomic E-state index is 1.00. The number of para-hydroxylation sites is 1. The van der Waals surface area contributed by atoms with Gasteiger partial charge in [-0.3, -0.25) is 4.57 Å². The molecule has 0 saturated heterocycles. The zero-order chi connectivity index (χ0) is 15.2. The van der Waals surface area contributed by atoms with Crippen LogP contribution in [-0.4, -0.2) is 9.55 Å². The highest BCUT2D eigenvalue weighted by atomic mass is 15.0. The zero-order valence-electron chi connectivity index (χ0n) is 12.5. The van der Waals surface area contributed by atoms with E-state index >= 15 is 0 Å². The van der Waals surface area contributed by atoms with Crippen LogP contribution in [0, 0.1) is 0 Å². The lowest BCUT2D eigenvalue weighted by molar-refractivity contribution is 1.15. The molecule has 2 nitrogen and oxygen atoms in total. The summed E-state index contributed by atoms with van der Waals surface area (Å²) in [6.07, 6.45) is 1.86. The third-order valence-corrected chi connectivity index (χ3v) is 4.44. The highest BCUT2D eigenvalue weighted by Crippen LogP contribution is 2.33. The number of pyridine rings is 1. The van der Waals surface area contributed by atoms with Crippen molar-refractivity contribution in [2.45, 2.75) is 0 Å². The first-order valence-electron chi connectivity index (χ1n) is 7.76. The van der Waals surface area contributed by atoms with E-state index in [1.165, 1.54) is 32.7 Å². The van der Waals surface area contributed by atoms with Gasteiger partial charge in [0.1, 0.15) is 5.65 Å². The maximum Gasteiger partial charge on any atom is 0.145 e. The molecule has 2 heterocycles. The van der Waals surface area contributed by atoms with Crippen molar-refractivity contribution < 1.29 is 0 Å². The van der Waals surface area contributed by atoms with E-state index in [-0.39, 0.29) is 0 Å². The quantitative estimate of drug-likeness (QED) is 0.408. The summed E-state index contributed by atoms with van der Waals surface area (Å²) >= 11 is 0. The Morgan fingerprint density at radius 3 is 2.30 bits per heavy atom. The molecule has 0 atom stereocenters. The average molecular weight is 294 g/mol. The Hall–Kier alpha value is -3.13. The van der Waals surface area contributed by atoms with E-state index in [1.807, 2.05) is 12.3 Å². The van der Waals surface area contributed by atoms with Crippen LogP contribution in [0.2, 0.25) is 0 Å². The van der Waals surface area contributed by atoms with E-state index in [9.17, 15) is 0 Å². The van der Waals surface area contributed by atoms with Crippen molar-refractivity contribution in [1.82, 2.24) is 9.55 Å². The van der Waals surface area contributed by atoms with Gasteiger partial charge in [0.25, 0.3) is 0 Å². The summed E-state index contributed by atoms with van der Waals surface area (Å²) in [5.41, 5.74) is 3.37. The second-order valence-electron chi connectivity index (χ2n) is 5.73. The molecular weight excluding hydrogens is 280 g/mol. The molecule has 0 radical (unpaired) electrons.